The van der Waals surface area contributed by atoms with Crippen LogP contribution in [0.15, 0.2) is 0 Å². The van der Waals surface area contributed by atoms with Gasteiger partial charge in [0.05, 0.1) is 5.88 Å². The molecule has 0 radical (unpaired) electrons. The molecule has 0 aromatic heterocycles. The zero-order chi connectivity index (χ0) is 14.0. The van der Waals surface area contributed by atoms with Gasteiger partial charge < -0.3 is 15.5 Å². The molecular weight excluding hydrogens is 298 g/mol. The molecule has 0 aromatic rings. The maximum Gasteiger partial charge on any atom is 0.246 e. The number of carbonyl (C=O) groups is 2. The van der Waals surface area contributed by atoms with Crippen molar-refractivity contribution in [3.8, 4) is 0 Å². The van der Waals surface area contributed by atoms with Crippen LogP contribution in [0.4, 0.5) is 0 Å². The van der Waals surface area contributed by atoms with Gasteiger partial charge in [-0.05, 0) is 18.4 Å². The predicted molar refractivity (Wildman–Crippen MR) is 83.9 cm³/mol. The summed E-state index contributed by atoms with van der Waals surface area (Å²) in [6, 6.07) is -0.266. The molecule has 0 bridgehead atoms. The average molecular weight is 322 g/mol. The van der Waals surface area contributed by atoms with E-state index in [1.54, 1.807) is 16.7 Å². The zero-order valence-electron chi connectivity index (χ0n) is 12.1. The molecular formula is C13H24ClN3O2S. The fourth-order valence-corrected chi connectivity index (χ4v) is 3.86. The lowest BCUT2D eigenvalue weighted by molar-refractivity contribution is -0.142. The summed E-state index contributed by atoms with van der Waals surface area (Å²) >= 11 is 1.66. The van der Waals surface area contributed by atoms with Gasteiger partial charge in [-0.1, -0.05) is 13.8 Å². The lowest BCUT2D eigenvalue weighted by Gasteiger charge is -2.28. The van der Waals surface area contributed by atoms with Crippen molar-refractivity contribution in [2.45, 2.75) is 32.7 Å². The molecule has 2 N–H and O–H groups in total. The quantitative estimate of drug-likeness (QED) is 0.839. The Labute approximate surface area is 131 Å². The normalized spacial score (nSPS) is 29.4. The highest BCUT2D eigenvalue weighted by atomic mass is 35.5. The number of hydrogen-bond donors (Lipinski definition) is 1. The largest absolute Gasteiger partial charge is 0.340 e. The van der Waals surface area contributed by atoms with E-state index in [-0.39, 0.29) is 35.7 Å². The molecule has 2 saturated heterocycles. The fourth-order valence-electron chi connectivity index (χ4n) is 2.69. The lowest BCUT2D eigenvalue weighted by atomic mass is 9.90. The maximum absolute atomic E-state index is 12.6. The molecule has 0 aromatic carbocycles. The molecule has 2 unspecified atom stereocenters. The third-order valence-electron chi connectivity index (χ3n) is 4.15. The molecule has 0 saturated carbocycles. The van der Waals surface area contributed by atoms with Crippen molar-refractivity contribution in [3.63, 3.8) is 0 Å². The molecule has 7 heteroatoms. The predicted octanol–water partition coefficient (Wildman–Crippen LogP) is 0.917. The van der Waals surface area contributed by atoms with Gasteiger partial charge in [0.2, 0.25) is 11.8 Å². The van der Waals surface area contributed by atoms with Crippen LogP contribution >= 0.6 is 24.2 Å². The van der Waals surface area contributed by atoms with Crippen LogP contribution in [-0.4, -0.2) is 58.9 Å². The third-order valence-corrected chi connectivity index (χ3v) is 5.16. The molecule has 20 heavy (non-hydrogen) atoms. The van der Waals surface area contributed by atoms with Crippen LogP contribution in [0.5, 0.6) is 0 Å². The molecule has 2 fully saturated rings. The van der Waals surface area contributed by atoms with E-state index in [1.807, 2.05) is 11.8 Å². The summed E-state index contributed by atoms with van der Waals surface area (Å²) in [5.41, 5.74) is 5.82. The number of rotatable bonds is 3. The summed E-state index contributed by atoms with van der Waals surface area (Å²) < 4.78 is 0. The molecule has 2 rings (SSSR count). The summed E-state index contributed by atoms with van der Waals surface area (Å²) in [5, 5.41) is 0. The van der Waals surface area contributed by atoms with Crippen LogP contribution in [0.3, 0.4) is 0 Å². The molecule has 2 heterocycles. The Morgan fingerprint density at radius 3 is 2.70 bits per heavy atom. The fraction of sp³-hybridized carbons (Fsp3) is 0.846. The summed E-state index contributed by atoms with van der Waals surface area (Å²) in [7, 11) is 0. The number of hydrogen-bond acceptors (Lipinski definition) is 4. The van der Waals surface area contributed by atoms with E-state index in [2.05, 4.69) is 6.92 Å². The van der Waals surface area contributed by atoms with E-state index in [0.29, 0.717) is 18.8 Å². The van der Waals surface area contributed by atoms with Crippen LogP contribution in [0.1, 0.15) is 26.7 Å². The monoisotopic (exact) mass is 321 g/mol. The average Bonchev–Trinajstić information content (AvgIpc) is 3.04. The Balaban J connectivity index is 0.00000200. The molecule has 2 atom stereocenters. The number of nitrogens with zero attached hydrogens (tertiary/aromatic N) is 2. The van der Waals surface area contributed by atoms with Crippen molar-refractivity contribution in [3.05, 3.63) is 0 Å². The third kappa shape index (κ3) is 3.40. The summed E-state index contributed by atoms with van der Waals surface area (Å²) in [6.07, 6.45) is 1.42. The summed E-state index contributed by atoms with van der Waals surface area (Å²) in [4.78, 5) is 28.0. The van der Waals surface area contributed by atoms with Gasteiger partial charge >= 0.3 is 0 Å². The minimum absolute atomic E-state index is 0. The second-order valence-electron chi connectivity index (χ2n) is 5.76. The molecule has 2 aliphatic rings. The van der Waals surface area contributed by atoms with Gasteiger partial charge in [0, 0.05) is 25.3 Å². The minimum Gasteiger partial charge on any atom is -0.340 e. The molecule has 116 valence electrons. The number of thioether (sulfide) groups is 1. The number of carbonyl (C=O) groups excluding carboxylic acids is 2. The first kappa shape index (κ1) is 17.6. The zero-order valence-corrected chi connectivity index (χ0v) is 13.8. The Kier molecular flexibility index (Phi) is 6.16. The highest BCUT2D eigenvalue weighted by Crippen LogP contribution is 2.31. The Morgan fingerprint density at radius 2 is 2.15 bits per heavy atom. The summed E-state index contributed by atoms with van der Waals surface area (Å²) in [6.45, 7) is 6.06. The van der Waals surface area contributed by atoms with Gasteiger partial charge in [0.1, 0.15) is 6.04 Å². The lowest BCUT2D eigenvalue weighted by Crippen LogP contribution is -2.48. The van der Waals surface area contributed by atoms with Crippen LogP contribution in [0.2, 0.25) is 0 Å². The van der Waals surface area contributed by atoms with E-state index in [9.17, 15) is 9.59 Å². The van der Waals surface area contributed by atoms with E-state index >= 15 is 0 Å². The Morgan fingerprint density at radius 1 is 1.45 bits per heavy atom. The topological polar surface area (TPSA) is 66.6 Å². The number of halogens is 1. The first-order chi connectivity index (χ1) is 9.00. The number of nitrogens with two attached hydrogens (primary N) is 1. The van der Waals surface area contributed by atoms with E-state index in [1.165, 1.54) is 0 Å². The van der Waals surface area contributed by atoms with Gasteiger partial charge in [-0.15, -0.1) is 24.2 Å². The Hall–Kier alpha value is -0.460. The summed E-state index contributed by atoms with van der Waals surface area (Å²) in [5.74, 6) is 1.54. The second kappa shape index (κ2) is 7.00. The Bertz CT molecular complexity index is 383. The number of likely N-dealkylation sites (tertiary alicyclic amines) is 1. The van der Waals surface area contributed by atoms with Crippen LogP contribution in [0, 0.1) is 5.41 Å². The van der Waals surface area contributed by atoms with Crippen LogP contribution < -0.4 is 5.73 Å². The van der Waals surface area contributed by atoms with Crippen molar-refractivity contribution in [1.82, 2.24) is 9.80 Å². The highest BCUT2D eigenvalue weighted by molar-refractivity contribution is 7.99. The standard InChI is InChI=1S/C13H23N3O2S.ClH/c1-3-11(17)16-9-19-6-10(16)12(18)15-5-4-13(2,7-14)8-15;/h10H,3-9,14H2,1-2H3;1H. The number of amides is 2. The van der Waals surface area contributed by atoms with Gasteiger partial charge in [-0.3, -0.25) is 9.59 Å². The van der Waals surface area contributed by atoms with Gasteiger partial charge in [0.25, 0.3) is 0 Å². The molecule has 0 spiro atoms. The van der Waals surface area contributed by atoms with Crippen molar-refractivity contribution in [2.75, 3.05) is 31.3 Å². The van der Waals surface area contributed by atoms with Gasteiger partial charge in [-0.25, -0.2) is 0 Å². The highest BCUT2D eigenvalue weighted by Gasteiger charge is 2.41. The first-order valence-electron chi connectivity index (χ1n) is 6.87. The van der Waals surface area contributed by atoms with Gasteiger partial charge in [-0.2, -0.15) is 0 Å². The minimum atomic E-state index is -0.266. The molecule has 5 nitrogen and oxygen atoms in total. The van der Waals surface area contributed by atoms with Gasteiger partial charge in [0.15, 0.2) is 0 Å². The van der Waals surface area contributed by atoms with Crippen LogP contribution in [0.25, 0.3) is 0 Å². The van der Waals surface area contributed by atoms with Crippen molar-refractivity contribution < 1.29 is 9.59 Å². The van der Waals surface area contributed by atoms with E-state index < -0.39 is 0 Å². The van der Waals surface area contributed by atoms with E-state index in [0.717, 1.165) is 25.3 Å². The van der Waals surface area contributed by atoms with Crippen LogP contribution in [-0.2, 0) is 9.59 Å². The van der Waals surface area contributed by atoms with E-state index in [4.69, 9.17) is 5.73 Å². The van der Waals surface area contributed by atoms with Crippen molar-refractivity contribution in [1.29, 1.82) is 0 Å². The second-order valence-corrected chi connectivity index (χ2v) is 6.76. The molecule has 0 aliphatic carbocycles. The molecule has 2 aliphatic heterocycles. The maximum atomic E-state index is 12.6. The first-order valence-corrected chi connectivity index (χ1v) is 8.02. The van der Waals surface area contributed by atoms with Crippen molar-refractivity contribution in [2.24, 2.45) is 11.1 Å². The smallest absolute Gasteiger partial charge is 0.246 e. The SMILES string of the molecule is CCC(=O)N1CSCC1C(=O)N1CCC(C)(CN)C1.Cl. The molecule has 2 amide bonds. The van der Waals surface area contributed by atoms with Crippen molar-refractivity contribution >= 4 is 36.0 Å².